The lowest BCUT2D eigenvalue weighted by molar-refractivity contribution is -0.318. The van der Waals surface area contributed by atoms with Gasteiger partial charge in [-0.2, -0.15) is 0 Å². The van der Waals surface area contributed by atoms with Gasteiger partial charge in [0.25, 0.3) is 0 Å². The Morgan fingerprint density at radius 2 is 1.52 bits per heavy atom. The number of nitrogens with one attached hydrogen (secondary N) is 1. The molecule has 2 aromatic rings. The number of rotatable bonds is 6. The van der Waals surface area contributed by atoms with Crippen LogP contribution >= 0.6 is 0 Å². The van der Waals surface area contributed by atoms with Crippen LogP contribution in [0.5, 0.6) is 0 Å². The molecule has 2 aromatic carbocycles. The highest BCUT2D eigenvalue weighted by molar-refractivity contribution is 5.74. The molecule has 1 amide bonds. The highest BCUT2D eigenvalue weighted by Gasteiger charge is 2.65. The molecular weight excluding hydrogens is 374 g/mol. The molecule has 1 saturated heterocycles. The van der Waals surface area contributed by atoms with Gasteiger partial charge in [-0.1, -0.05) is 60.7 Å². The lowest BCUT2D eigenvalue weighted by Gasteiger charge is -2.57. The van der Waals surface area contributed by atoms with E-state index in [1.165, 1.54) is 6.92 Å². The highest BCUT2D eigenvalue weighted by Crippen LogP contribution is 2.42. The van der Waals surface area contributed by atoms with E-state index in [-0.39, 0.29) is 12.8 Å². The Bertz CT molecular complexity index is 817. The Morgan fingerprint density at radius 1 is 1.00 bits per heavy atom. The van der Waals surface area contributed by atoms with Crippen molar-refractivity contribution < 1.29 is 30.0 Å². The molecule has 29 heavy (non-hydrogen) atoms. The molecule has 5 N–H and O–H groups in total. The van der Waals surface area contributed by atoms with Crippen LogP contribution in [0.25, 0.3) is 0 Å². The van der Waals surface area contributed by atoms with Gasteiger partial charge in [-0.05, 0) is 11.1 Å². The van der Waals surface area contributed by atoms with E-state index >= 15 is 0 Å². The van der Waals surface area contributed by atoms with Crippen LogP contribution in [0.3, 0.4) is 0 Å². The van der Waals surface area contributed by atoms with Crippen LogP contribution in [-0.2, 0) is 22.4 Å². The summed E-state index contributed by atoms with van der Waals surface area (Å²) in [7, 11) is 0. The fraction of sp³-hybridized carbons (Fsp3) is 0.409. The minimum atomic E-state index is -2.03. The third-order valence-electron chi connectivity index (χ3n) is 5.56. The number of amides is 1. The molecule has 0 radical (unpaired) electrons. The van der Waals surface area contributed by atoms with Crippen LogP contribution in [0, 0.1) is 0 Å². The standard InChI is InChI=1S/C22H27NO6/c1-15(25)23-21(12-16-8-4-2-5-9-16)20(27)29-18(14-24)19(26)22(21,28)13-17-10-6-3-7-11-17/h2-11,18-20,24,26-28H,12-14H2,1H3,(H,23,25)/t18-,19+,20?,21+,22+/m1/s1. The van der Waals surface area contributed by atoms with Crippen LogP contribution in [0.4, 0.5) is 0 Å². The molecule has 1 fully saturated rings. The van der Waals surface area contributed by atoms with Crippen molar-refractivity contribution >= 4 is 5.91 Å². The molecule has 0 saturated carbocycles. The van der Waals surface area contributed by atoms with Crippen LogP contribution in [0.2, 0.25) is 0 Å². The molecule has 0 aromatic heterocycles. The summed E-state index contributed by atoms with van der Waals surface area (Å²) in [6.45, 7) is 0.670. The van der Waals surface area contributed by atoms with Crippen LogP contribution in [0.1, 0.15) is 18.1 Å². The van der Waals surface area contributed by atoms with Gasteiger partial charge in [0, 0.05) is 19.8 Å². The first-order valence-corrected chi connectivity index (χ1v) is 9.54. The molecule has 0 aliphatic carbocycles. The molecule has 7 nitrogen and oxygen atoms in total. The first kappa shape index (κ1) is 21.4. The fourth-order valence-corrected chi connectivity index (χ4v) is 4.14. The summed E-state index contributed by atoms with van der Waals surface area (Å²) < 4.78 is 5.45. The fourth-order valence-electron chi connectivity index (χ4n) is 4.14. The second kappa shape index (κ2) is 8.61. The second-order valence-corrected chi connectivity index (χ2v) is 7.56. The van der Waals surface area contributed by atoms with Crippen LogP contribution in [-0.4, -0.2) is 62.6 Å². The summed E-state index contributed by atoms with van der Waals surface area (Å²) in [6.07, 6.45) is -4.50. The average Bonchev–Trinajstić information content (AvgIpc) is 2.70. The van der Waals surface area contributed by atoms with Crippen molar-refractivity contribution in [3.63, 3.8) is 0 Å². The number of hydrogen-bond acceptors (Lipinski definition) is 6. The Balaban J connectivity index is 2.14. The van der Waals surface area contributed by atoms with Gasteiger partial charge in [0.2, 0.25) is 5.91 Å². The number of aliphatic hydroxyl groups excluding tert-OH is 3. The number of carbonyl (C=O) groups is 1. The van der Waals surface area contributed by atoms with Crippen molar-refractivity contribution in [2.24, 2.45) is 0 Å². The molecule has 1 aliphatic heterocycles. The van der Waals surface area contributed by atoms with Crippen molar-refractivity contribution in [2.75, 3.05) is 6.61 Å². The largest absolute Gasteiger partial charge is 0.394 e. The number of aliphatic hydroxyl groups is 4. The van der Waals surface area contributed by atoms with Crippen molar-refractivity contribution in [1.29, 1.82) is 0 Å². The molecule has 1 unspecified atom stereocenters. The monoisotopic (exact) mass is 401 g/mol. The lowest BCUT2D eigenvalue weighted by atomic mass is 9.65. The zero-order chi connectivity index (χ0) is 21.1. The number of ether oxygens (including phenoxy) is 1. The van der Waals surface area contributed by atoms with Gasteiger partial charge in [-0.15, -0.1) is 0 Å². The van der Waals surface area contributed by atoms with Crippen molar-refractivity contribution in [2.45, 2.75) is 49.4 Å². The van der Waals surface area contributed by atoms with Crippen LogP contribution in [0.15, 0.2) is 60.7 Å². The predicted molar refractivity (Wildman–Crippen MR) is 106 cm³/mol. The molecule has 3 rings (SSSR count). The third-order valence-corrected chi connectivity index (χ3v) is 5.56. The molecule has 5 atom stereocenters. The number of carbonyl (C=O) groups excluding carboxylic acids is 1. The highest BCUT2D eigenvalue weighted by atomic mass is 16.6. The Kier molecular flexibility index (Phi) is 6.36. The maximum atomic E-state index is 12.1. The SMILES string of the molecule is CC(=O)N[C@@]1(Cc2ccccc2)C(O)O[C@H](CO)[C@H](O)[C@@]1(O)Cc1ccccc1. The normalized spacial score (nSPS) is 32.0. The minimum absolute atomic E-state index is 0.00707. The van der Waals surface area contributed by atoms with Crippen molar-refractivity contribution in [1.82, 2.24) is 5.32 Å². The topological polar surface area (TPSA) is 119 Å². The second-order valence-electron chi connectivity index (χ2n) is 7.56. The van der Waals surface area contributed by atoms with E-state index in [1.807, 2.05) is 12.1 Å². The first-order valence-electron chi connectivity index (χ1n) is 9.54. The van der Waals surface area contributed by atoms with E-state index in [4.69, 9.17) is 4.74 Å². The molecule has 1 aliphatic rings. The summed E-state index contributed by atoms with van der Waals surface area (Å²) in [6, 6.07) is 18.0. The zero-order valence-corrected chi connectivity index (χ0v) is 16.2. The average molecular weight is 401 g/mol. The van der Waals surface area contributed by atoms with Gasteiger partial charge in [0.15, 0.2) is 6.29 Å². The zero-order valence-electron chi connectivity index (χ0n) is 16.2. The smallest absolute Gasteiger partial charge is 0.217 e. The third kappa shape index (κ3) is 4.05. The maximum Gasteiger partial charge on any atom is 0.217 e. The molecule has 156 valence electrons. The first-order chi connectivity index (χ1) is 13.8. The molecular formula is C22H27NO6. The predicted octanol–water partition coefficient (Wildman–Crippen LogP) is 0.148. The Labute approximate surface area is 169 Å². The summed E-state index contributed by atoms with van der Waals surface area (Å²) in [4.78, 5) is 12.1. The van der Waals surface area contributed by atoms with Gasteiger partial charge in [-0.25, -0.2) is 0 Å². The summed E-state index contributed by atoms with van der Waals surface area (Å²) in [5.74, 6) is -0.496. The van der Waals surface area contributed by atoms with Crippen molar-refractivity contribution in [3.8, 4) is 0 Å². The van der Waals surface area contributed by atoms with E-state index in [9.17, 15) is 25.2 Å². The van der Waals surface area contributed by atoms with Gasteiger partial charge in [0.05, 0.1) is 6.61 Å². The quantitative estimate of drug-likeness (QED) is 0.470. The summed E-state index contributed by atoms with van der Waals surface area (Å²) >= 11 is 0. The Morgan fingerprint density at radius 3 is 2.00 bits per heavy atom. The van der Waals surface area contributed by atoms with E-state index in [2.05, 4.69) is 5.32 Å². The summed E-state index contributed by atoms with van der Waals surface area (Å²) in [5.41, 5.74) is -2.35. The molecule has 0 spiro atoms. The Hall–Kier alpha value is -2.29. The van der Waals surface area contributed by atoms with Gasteiger partial charge in [0.1, 0.15) is 23.3 Å². The van der Waals surface area contributed by atoms with Gasteiger partial charge < -0.3 is 30.5 Å². The van der Waals surface area contributed by atoms with E-state index in [1.54, 1.807) is 48.5 Å². The van der Waals surface area contributed by atoms with Gasteiger partial charge in [-0.3, -0.25) is 4.79 Å². The number of benzene rings is 2. The molecule has 7 heteroatoms. The summed E-state index contributed by atoms with van der Waals surface area (Å²) in [5, 5.41) is 46.1. The van der Waals surface area contributed by atoms with E-state index in [0.717, 1.165) is 5.56 Å². The molecule has 1 heterocycles. The van der Waals surface area contributed by atoms with Crippen molar-refractivity contribution in [3.05, 3.63) is 71.8 Å². The number of hydrogen-bond donors (Lipinski definition) is 5. The van der Waals surface area contributed by atoms with E-state index in [0.29, 0.717) is 5.56 Å². The maximum absolute atomic E-state index is 12.1. The lowest BCUT2D eigenvalue weighted by Crippen LogP contribution is -2.81. The minimum Gasteiger partial charge on any atom is -0.394 e. The van der Waals surface area contributed by atoms with Gasteiger partial charge >= 0.3 is 0 Å². The van der Waals surface area contributed by atoms with Crippen LogP contribution < -0.4 is 5.32 Å². The molecule has 0 bridgehead atoms. The van der Waals surface area contributed by atoms with E-state index < -0.39 is 42.2 Å².